The van der Waals surface area contributed by atoms with Gasteiger partial charge in [0.25, 0.3) is 0 Å². The van der Waals surface area contributed by atoms with Gasteiger partial charge in [-0.3, -0.25) is 4.57 Å². The number of hydrogen-bond acceptors (Lipinski definition) is 2. The molecule has 1 atom stereocenters. The van der Waals surface area contributed by atoms with Crippen molar-refractivity contribution in [2.24, 2.45) is 10.4 Å². The van der Waals surface area contributed by atoms with E-state index < -0.39 is 6.55 Å². The lowest BCUT2D eigenvalue weighted by molar-refractivity contribution is 0.0671. The third kappa shape index (κ3) is 7.43. The summed E-state index contributed by atoms with van der Waals surface area (Å²) in [6.45, 7) is 8.93. The number of rotatable bonds is 7. The Balaban J connectivity index is 2.64. The molecule has 1 rings (SSSR count). The minimum Gasteiger partial charge on any atom is -0.357 e. The minimum absolute atomic E-state index is 0.110. The number of halogens is 2. The molecule has 0 radical (unpaired) electrons. The Kier molecular flexibility index (Phi) is 7.45. The maximum atomic E-state index is 12.8. The van der Waals surface area contributed by atoms with Crippen LogP contribution in [0.4, 0.5) is 8.78 Å². The summed E-state index contributed by atoms with van der Waals surface area (Å²) in [5.74, 6) is 0.872. The average molecular weight is 329 g/mol. The van der Waals surface area contributed by atoms with E-state index in [0.717, 1.165) is 17.4 Å². The molecule has 0 fully saturated rings. The van der Waals surface area contributed by atoms with Gasteiger partial charge in [-0.15, -0.1) is 0 Å². The van der Waals surface area contributed by atoms with Crippen LogP contribution in [0.3, 0.4) is 0 Å². The van der Waals surface area contributed by atoms with Crippen molar-refractivity contribution in [2.45, 2.75) is 66.6 Å². The van der Waals surface area contributed by atoms with Gasteiger partial charge >= 0.3 is 6.55 Å². The first kappa shape index (κ1) is 19.4. The van der Waals surface area contributed by atoms with Crippen LogP contribution in [0.15, 0.2) is 17.4 Å². The van der Waals surface area contributed by atoms with E-state index in [-0.39, 0.29) is 23.8 Å². The zero-order valence-corrected chi connectivity index (χ0v) is 14.7. The average Bonchev–Trinajstić information content (AvgIpc) is 2.90. The molecule has 23 heavy (non-hydrogen) atoms. The molecule has 0 spiro atoms. The molecule has 0 saturated heterocycles. The molecule has 0 amide bonds. The van der Waals surface area contributed by atoms with Gasteiger partial charge in [0.15, 0.2) is 5.96 Å². The topological polar surface area (TPSA) is 54.2 Å². The Labute approximate surface area is 137 Å². The van der Waals surface area contributed by atoms with Crippen molar-refractivity contribution in [2.75, 3.05) is 6.54 Å². The Hall–Kier alpha value is -1.66. The van der Waals surface area contributed by atoms with Crippen LogP contribution in [0.25, 0.3) is 0 Å². The van der Waals surface area contributed by atoms with Crippen LogP contribution in [-0.2, 0) is 6.54 Å². The zero-order valence-electron chi connectivity index (χ0n) is 14.7. The predicted octanol–water partition coefficient (Wildman–Crippen LogP) is 3.55. The molecule has 2 N–H and O–H groups in total. The fourth-order valence-corrected chi connectivity index (χ4v) is 2.07. The summed E-state index contributed by atoms with van der Waals surface area (Å²) >= 11 is 0. The summed E-state index contributed by atoms with van der Waals surface area (Å²) < 4.78 is 26.4. The summed E-state index contributed by atoms with van der Waals surface area (Å²) in [4.78, 5) is 8.30. The van der Waals surface area contributed by atoms with Gasteiger partial charge < -0.3 is 10.6 Å². The first-order valence-corrected chi connectivity index (χ1v) is 8.07. The Morgan fingerprint density at radius 3 is 2.65 bits per heavy atom. The summed E-state index contributed by atoms with van der Waals surface area (Å²) in [5, 5.41) is 6.45. The number of guanidine groups is 1. The Bertz CT molecular complexity index is 491. The van der Waals surface area contributed by atoms with E-state index in [4.69, 9.17) is 0 Å². The van der Waals surface area contributed by atoms with Crippen LogP contribution in [0.2, 0.25) is 0 Å². The molecular weight excluding hydrogens is 300 g/mol. The highest BCUT2D eigenvalue weighted by Crippen LogP contribution is 2.21. The lowest BCUT2D eigenvalue weighted by Crippen LogP contribution is -2.42. The van der Waals surface area contributed by atoms with Crippen molar-refractivity contribution in [1.29, 1.82) is 0 Å². The van der Waals surface area contributed by atoms with Crippen molar-refractivity contribution in [3.63, 3.8) is 0 Å². The van der Waals surface area contributed by atoms with Crippen molar-refractivity contribution in [3.05, 3.63) is 18.2 Å². The molecule has 5 nitrogen and oxygen atoms in total. The molecule has 1 heterocycles. The van der Waals surface area contributed by atoms with E-state index in [1.807, 2.05) is 6.92 Å². The Morgan fingerprint density at radius 2 is 2.09 bits per heavy atom. The number of aliphatic imine (C=N–C) groups is 1. The number of nitrogens with one attached hydrogen (secondary N) is 2. The van der Waals surface area contributed by atoms with Crippen LogP contribution in [0, 0.1) is 5.41 Å². The van der Waals surface area contributed by atoms with E-state index in [2.05, 4.69) is 48.3 Å². The van der Waals surface area contributed by atoms with Gasteiger partial charge in [-0.2, -0.15) is 8.78 Å². The van der Waals surface area contributed by atoms with E-state index >= 15 is 0 Å². The van der Waals surface area contributed by atoms with E-state index in [0.29, 0.717) is 12.5 Å². The third-order valence-corrected chi connectivity index (χ3v) is 3.39. The molecular formula is C16H29F2N5. The minimum atomic E-state index is -2.59. The van der Waals surface area contributed by atoms with Crippen LogP contribution >= 0.6 is 0 Å². The van der Waals surface area contributed by atoms with Crippen LogP contribution in [0.5, 0.6) is 0 Å². The fourth-order valence-electron chi connectivity index (χ4n) is 2.07. The lowest BCUT2D eigenvalue weighted by atomic mass is 9.89. The van der Waals surface area contributed by atoms with Gasteiger partial charge in [0, 0.05) is 25.0 Å². The second kappa shape index (κ2) is 8.84. The standard InChI is InChI=1S/C16H29F2N5/c1-6-19-15(22-12(2)7-8-16(3,4)5)21-11-13-20-9-10-23(13)14(17)18/h9-10,12,14H,6-8,11H2,1-5H3,(H2,19,21,22). The smallest absolute Gasteiger partial charge is 0.319 e. The molecule has 1 aromatic heterocycles. The number of nitrogens with zero attached hydrogens (tertiary/aromatic N) is 3. The first-order chi connectivity index (χ1) is 10.7. The molecule has 0 bridgehead atoms. The normalized spacial score (nSPS) is 14.2. The fraction of sp³-hybridized carbons (Fsp3) is 0.750. The second-order valence-electron chi connectivity index (χ2n) is 6.87. The highest BCUT2D eigenvalue weighted by Gasteiger charge is 2.14. The quantitative estimate of drug-likeness (QED) is 0.594. The third-order valence-electron chi connectivity index (χ3n) is 3.39. The molecule has 0 saturated carbocycles. The van der Waals surface area contributed by atoms with Crippen molar-refractivity contribution in [1.82, 2.24) is 20.2 Å². The van der Waals surface area contributed by atoms with Gasteiger partial charge in [-0.1, -0.05) is 20.8 Å². The number of aromatic nitrogens is 2. The highest BCUT2D eigenvalue weighted by molar-refractivity contribution is 5.79. The van der Waals surface area contributed by atoms with E-state index in [1.165, 1.54) is 12.4 Å². The number of imidazole rings is 1. The van der Waals surface area contributed by atoms with Gasteiger partial charge in [0.2, 0.25) is 0 Å². The van der Waals surface area contributed by atoms with E-state index in [9.17, 15) is 8.78 Å². The summed E-state index contributed by atoms with van der Waals surface area (Å²) in [5.41, 5.74) is 0.285. The van der Waals surface area contributed by atoms with Crippen molar-refractivity contribution < 1.29 is 8.78 Å². The summed E-state index contributed by atoms with van der Waals surface area (Å²) in [6.07, 6.45) is 4.74. The molecule has 1 unspecified atom stereocenters. The zero-order chi connectivity index (χ0) is 17.5. The maximum absolute atomic E-state index is 12.8. The predicted molar refractivity (Wildman–Crippen MR) is 89.6 cm³/mol. The van der Waals surface area contributed by atoms with Crippen molar-refractivity contribution >= 4 is 5.96 Å². The highest BCUT2D eigenvalue weighted by atomic mass is 19.3. The van der Waals surface area contributed by atoms with Gasteiger partial charge in [0.1, 0.15) is 12.4 Å². The van der Waals surface area contributed by atoms with E-state index in [1.54, 1.807) is 0 Å². The monoisotopic (exact) mass is 329 g/mol. The molecule has 0 aliphatic heterocycles. The molecule has 0 aliphatic carbocycles. The molecule has 0 aliphatic rings. The molecule has 132 valence electrons. The van der Waals surface area contributed by atoms with Crippen LogP contribution < -0.4 is 10.6 Å². The largest absolute Gasteiger partial charge is 0.357 e. The molecule has 7 heteroatoms. The summed E-state index contributed by atoms with van der Waals surface area (Å²) in [7, 11) is 0. The molecule has 0 aromatic carbocycles. The van der Waals surface area contributed by atoms with Gasteiger partial charge in [0.05, 0.1) is 0 Å². The van der Waals surface area contributed by atoms with Gasteiger partial charge in [-0.05, 0) is 32.1 Å². The number of hydrogen-bond donors (Lipinski definition) is 2. The van der Waals surface area contributed by atoms with Crippen molar-refractivity contribution in [3.8, 4) is 0 Å². The SMILES string of the molecule is CCNC(=NCc1nccn1C(F)F)NC(C)CCC(C)(C)C. The van der Waals surface area contributed by atoms with Crippen LogP contribution in [0.1, 0.15) is 59.8 Å². The maximum Gasteiger partial charge on any atom is 0.319 e. The molecule has 1 aromatic rings. The number of alkyl halides is 2. The van der Waals surface area contributed by atoms with Crippen LogP contribution in [-0.4, -0.2) is 28.1 Å². The summed E-state index contributed by atoms with van der Waals surface area (Å²) in [6, 6.07) is 0.252. The second-order valence-corrected chi connectivity index (χ2v) is 6.87. The lowest BCUT2D eigenvalue weighted by Gasteiger charge is -2.23. The first-order valence-electron chi connectivity index (χ1n) is 8.07. The Morgan fingerprint density at radius 1 is 1.39 bits per heavy atom. The van der Waals surface area contributed by atoms with Gasteiger partial charge in [-0.25, -0.2) is 9.98 Å².